The van der Waals surface area contributed by atoms with Crippen LogP contribution in [0.1, 0.15) is 18.3 Å². The van der Waals surface area contributed by atoms with Crippen LogP contribution in [0.3, 0.4) is 0 Å². The van der Waals surface area contributed by atoms with Crippen molar-refractivity contribution in [2.24, 2.45) is 0 Å². The van der Waals surface area contributed by atoms with E-state index in [1.165, 1.54) is 0 Å². The van der Waals surface area contributed by atoms with Crippen LogP contribution in [0.4, 0.5) is 0 Å². The summed E-state index contributed by atoms with van der Waals surface area (Å²) in [7, 11) is 0. The first-order valence-corrected chi connectivity index (χ1v) is 7.02. The van der Waals surface area contributed by atoms with Crippen LogP contribution in [-0.2, 0) is 17.8 Å². The lowest BCUT2D eigenvalue weighted by Gasteiger charge is -2.09. The predicted octanol–water partition coefficient (Wildman–Crippen LogP) is 1.34. The van der Waals surface area contributed by atoms with Crippen molar-refractivity contribution in [1.82, 2.24) is 20.1 Å². The molecular formula is C15H20N4O2. The number of amides is 1. The predicted molar refractivity (Wildman–Crippen MR) is 79.1 cm³/mol. The average Bonchev–Trinajstić information content (AvgIpc) is 2.93. The van der Waals surface area contributed by atoms with Gasteiger partial charge in [0.25, 0.3) is 5.91 Å². The number of nitrogens with one attached hydrogen (secondary N) is 1. The summed E-state index contributed by atoms with van der Waals surface area (Å²) in [4.78, 5) is 11.7. The minimum absolute atomic E-state index is 0.0201. The van der Waals surface area contributed by atoms with Gasteiger partial charge in [-0.2, -0.15) is 0 Å². The molecule has 0 aliphatic rings. The molecule has 1 N–H and O–H groups in total. The molecule has 0 saturated carbocycles. The van der Waals surface area contributed by atoms with Gasteiger partial charge in [0.15, 0.2) is 6.61 Å². The van der Waals surface area contributed by atoms with Crippen LogP contribution >= 0.6 is 0 Å². The molecule has 1 amide bonds. The summed E-state index contributed by atoms with van der Waals surface area (Å²) in [5.41, 5.74) is 1.10. The van der Waals surface area contributed by atoms with Crippen LogP contribution in [0.5, 0.6) is 5.75 Å². The van der Waals surface area contributed by atoms with Crippen molar-refractivity contribution < 1.29 is 9.53 Å². The fraction of sp³-hybridized carbons (Fsp3) is 0.400. The van der Waals surface area contributed by atoms with Crippen molar-refractivity contribution in [1.29, 1.82) is 0 Å². The maximum absolute atomic E-state index is 11.7. The standard InChI is InChI=1S/C15H20N4O2/c1-3-14-18-17-11-19(14)8-7-16-15(20)10-21-13-6-4-5-12(2)9-13/h4-6,9,11H,3,7-8,10H2,1-2H3,(H,16,20). The third-order valence-electron chi connectivity index (χ3n) is 3.05. The first-order valence-electron chi connectivity index (χ1n) is 7.02. The van der Waals surface area contributed by atoms with E-state index in [1.54, 1.807) is 6.33 Å². The van der Waals surface area contributed by atoms with E-state index in [0.717, 1.165) is 17.8 Å². The zero-order chi connectivity index (χ0) is 15.1. The minimum Gasteiger partial charge on any atom is -0.484 e. The molecular weight excluding hydrogens is 268 g/mol. The van der Waals surface area contributed by atoms with Crippen molar-refractivity contribution in [2.45, 2.75) is 26.8 Å². The van der Waals surface area contributed by atoms with E-state index in [9.17, 15) is 4.79 Å². The van der Waals surface area contributed by atoms with Gasteiger partial charge >= 0.3 is 0 Å². The number of ether oxygens (including phenoxy) is 1. The molecule has 0 spiro atoms. The Morgan fingerprint density at radius 1 is 1.43 bits per heavy atom. The molecule has 1 aromatic carbocycles. The van der Waals surface area contributed by atoms with Gasteiger partial charge in [0.2, 0.25) is 0 Å². The Kier molecular flexibility index (Phi) is 5.31. The number of carbonyl (C=O) groups is 1. The second-order valence-electron chi connectivity index (χ2n) is 4.75. The van der Waals surface area contributed by atoms with Crippen LogP contribution in [0.15, 0.2) is 30.6 Å². The summed E-state index contributed by atoms with van der Waals surface area (Å²) in [5, 5.41) is 10.7. The van der Waals surface area contributed by atoms with Gasteiger partial charge in [0.1, 0.15) is 17.9 Å². The van der Waals surface area contributed by atoms with Gasteiger partial charge in [-0.05, 0) is 24.6 Å². The number of rotatable bonds is 7. The van der Waals surface area contributed by atoms with Crippen molar-refractivity contribution >= 4 is 5.91 Å². The molecule has 21 heavy (non-hydrogen) atoms. The van der Waals surface area contributed by atoms with Gasteiger partial charge in [0, 0.05) is 19.5 Å². The lowest BCUT2D eigenvalue weighted by atomic mass is 10.2. The quantitative estimate of drug-likeness (QED) is 0.835. The smallest absolute Gasteiger partial charge is 0.258 e. The van der Waals surface area contributed by atoms with Gasteiger partial charge in [-0.1, -0.05) is 19.1 Å². The highest BCUT2D eigenvalue weighted by atomic mass is 16.5. The van der Waals surface area contributed by atoms with E-state index in [0.29, 0.717) is 18.8 Å². The molecule has 0 saturated heterocycles. The summed E-state index contributed by atoms with van der Waals surface area (Å²) in [6.45, 7) is 5.21. The normalized spacial score (nSPS) is 10.4. The monoisotopic (exact) mass is 288 g/mol. The first kappa shape index (κ1) is 15.0. The number of benzene rings is 1. The van der Waals surface area contributed by atoms with Crippen LogP contribution < -0.4 is 10.1 Å². The Morgan fingerprint density at radius 2 is 2.29 bits per heavy atom. The molecule has 2 aromatic rings. The van der Waals surface area contributed by atoms with Gasteiger partial charge in [-0.25, -0.2) is 0 Å². The molecule has 0 aliphatic carbocycles. The molecule has 6 nitrogen and oxygen atoms in total. The van der Waals surface area contributed by atoms with Crippen LogP contribution in [-0.4, -0.2) is 33.8 Å². The molecule has 0 unspecified atom stereocenters. The second kappa shape index (κ2) is 7.42. The largest absolute Gasteiger partial charge is 0.484 e. The number of hydrogen-bond acceptors (Lipinski definition) is 4. The Bertz CT molecular complexity index is 595. The lowest BCUT2D eigenvalue weighted by molar-refractivity contribution is -0.123. The fourth-order valence-electron chi connectivity index (χ4n) is 1.96. The van der Waals surface area contributed by atoms with Gasteiger partial charge in [-0.15, -0.1) is 10.2 Å². The highest BCUT2D eigenvalue weighted by Gasteiger charge is 2.04. The average molecular weight is 288 g/mol. The van der Waals surface area contributed by atoms with E-state index in [-0.39, 0.29) is 12.5 Å². The SMILES string of the molecule is CCc1nncn1CCNC(=O)COc1cccc(C)c1. The number of nitrogens with zero attached hydrogens (tertiary/aromatic N) is 3. The molecule has 0 atom stereocenters. The molecule has 0 aliphatic heterocycles. The Balaban J connectivity index is 1.70. The van der Waals surface area contributed by atoms with Gasteiger partial charge in [0.05, 0.1) is 0 Å². The first-order chi connectivity index (χ1) is 10.2. The maximum atomic E-state index is 11.7. The van der Waals surface area contributed by atoms with E-state index in [1.807, 2.05) is 42.7 Å². The third kappa shape index (κ3) is 4.59. The second-order valence-corrected chi connectivity index (χ2v) is 4.75. The highest BCUT2D eigenvalue weighted by molar-refractivity contribution is 5.77. The zero-order valence-corrected chi connectivity index (χ0v) is 12.4. The van der Waals surface area contributed by atoms with E-state index < -0.39 is 0 Å². The topological polar surface area (TPSA) is 69.0 Å². The molecule has 0 fully saturated rings. The fourth-order valence-corrected chi connectivity index (χ4v) is 1.96. The summed E-state index contributed by atoms with van der Waals surface area (Å²) < 4.78 is 7.37. The van der Waals surface area contributed by atoms with Crippen molar-refractivity contribution in [3.05, 3.63) is 42.0 Å². The molecule has 1 heterocycles. The number of aryl methyl sites for hydroxylation is 2. The summed E-state index contributed by atoms with van der Waals surface area (Å²) in [5.74, 6) is 1.49. The molecule has 0 radical (unpaired) electrons. The number of carbonyl (C=O) groups excluding carboxylic acids is 1. The zero-order valence-electron chi connectivity index (χ0n) is 12.4. The molecule has 0 bridgehead atoms. The van der Waals surface area contributed by atoms with Crippen LogP contribution in [0.25, 0.3) is 0 Å². The Morgan fingerprint density at radius 3 is 3.05 bits per heavy atom. The maximum Gasteiger partial charge on any atom is 0.258 e. The Labute approximate surface area is 124 Å². The summed E-state index contributed by atoms with van der Waals surface area (Å²) in [6.07, 6.45) is 2.50. The van der Waals surface area contributed by atoms with E-state index in [2.05, 4.69) is 15.5 Å². The van der Waals surface area contributed by atoms with Gasteiger partial charge < -0.3 is 14.6 Å². The molecule has 2 rings (SSSR count). The minimum atomic E-state index is -0.136. The highest BCUT2D eigenvalue weighted by Crippen LogP contribution is 2.11. The van der Waals surface area contributed by atoms with Crippen LogP contribution in [0, 0.1) is 6.92 Å². The molecule has 6 heteroatoms. The number of aromatic nitrogens is 3. The molecule has 1 aromatic heterocycles. The van der Waals surface area contributed by atoms with Gasteiger partial charge in [-0.3, -0.25) is 4.79 Å². The Hall–Kier alpha value is -2.37. The summed E-state index contributed by atoms with van der Waals surface area (Å²) in [6, 6.07) is 7.63. The van der Waals surface area contributed by atoms with E-state index in [4.69, 9.17) is 4.74 Å². The van der Waals surface area contributed by atoms with E-state index >= 15 is 0 Å². The van der Waals surface area contributed by atoms with Crippen molar-refractivity contribution in [2.75, 3.05) is 13.2 Å². The van der Waals surface area contributed by atoms with Crippen LogP contribution in [0.2, 0.25) is 0 Å². The third-order valence-corrected chi connectivity index (χ3v) is 3.05. The molecule has 112 valence electrons. The van der Waals surface area contributed by atoms with Crippen molar-refractivity contribution in [3.8, 4) is 5.75 Å². The number of hydrogen-bond donors (Lipinski definition) is 1. The lowest BCUT2D eigenvalue weighted by Crippen LogP contribution is -2.31. The summed E-state index contributed by atoms with van der Waals surface area (Å²) >= 11 is 0. The van der Waals surface area contributed by atoms with Crippen molar-refractivity contribution in [3.63, 3.8) is 0 Å².